The SMILES string of the molecule is CNC1CC(=O)N(C)c2cc(Cl)ccc21. The molecule has 1 unspecified atom stereocenters. The lowest BCUT2D eigenvalue weighted by atomic mass is 9.96. The molecule has 2 rings (SSSR count). The molecule has 0 bridgehead atoms. The van der Waals surface area contributed by atoms with Crippen molar-refractivity contribution in [3.63, 3.8) is 0 Å². The second-order valence-corrected chi connectivity index (χ2v) is 4.14. The summed E-state index contributed by atoms with van der Waals surface area (Å²) >= 11 is 5.92. The molecule has 15 heavy (non-hydrogen) atoms. The first-order valence-electron chi connectivity index (χ1n) is 4.86. The third-order valence-corrected chi connectivity index (χ3v) is 3.07. The van der Waals surface area contributed by atoms with Gasteiger partial charge in [0.25, 0.3) is 0 Å². The molecule has 0 aliphatic carbocycles. The zero-order chi connectivity index (χ0) is 11.0. The highest BCUT2D eigenvalue weighted by molar-refractivity contribution is 6.31. The Hall–Kier alpha value is -1.06. The van der Waals surface area contributed by atoms with Gasteiger partial charge in [-0.1, -0.05) is 17.7 Å². The number of nitrogens with zero attached hydrogens (tertiary/aromatic N) is 1. The van der Waals surface area contributed by atoms with E-state index in [2.05, 4.69) is 5.32 Å². The van der Waals surface area contributed by atoms with Crippen LogP contribution in [0.4, 0.5) is 5.69 Å². The highest BCUT2D eigenvalue weighted by atomic mass is 35.5. The number of hydrogen-bond acceptors (Lipinski definition) is 2. The summed E-state index contributed by atoms with van der Waals surface area (Å²) in [6, 6.07) is 5.76. The van der Waals surface area contributed by atoms with Crippen molar-refractivity contribution in [1.29, 1.82) is 0 Å². The summed E-state index contributed by atoms with van der Waals surface area (Å²) in [7, 11) is 3.64. The average molecular weight is 225 g/mol. The molecule has 1 aromatic carbocycles. The molecule has 3 nitrogen and oxygen atoms in total. The summed E-state index contributed by atoms with van der Waals surface area (Å²) < 4.78 is 0. The van der Waals surface area contributed by atoms with Crippen LogP contribution in [0.1, 0.15) is 18.0 Å². The van der Waals surface area contributed by atoms with Gasteiger partial charge in [0, 0.05) is 30.2 Å². The van der Waals surface area contributed by atoms with Crippen LogP contribution in [-0.2, 0) is 4.79 Å². The van der Waals surface area contributed by atoms with E-state index in [0.29, 0.717) is 11.4 Å². The minimum Gasteiger partial charge on any atom is -0.315 e. The number of rotatable bonds is 1. The maximum atomic E-state index is 11.7. The number of halogens is 1. The van der Waals surface area contributed by atoms with Crippen molar-refractivity contribution < 1.29 is 4.79 Å². The molecule has 1 aliphatic heterocycles. The lowest BCUT2D eigenvalue weighted by Gasteiger charge is -2.31. The number of nitrogens with one attached hydrogen (secondary N) is 1. The molecule has 0 fully saturated rings. The first-order valence-corrected chi connectivity index (χ1v) is 5.24. The fourth-order valence-electron chi connectivity index (χ4n) is 1.92. The average Bonchev–Trinajstić information content (AvgIpc) is 2.23. The molecular formula is C11H13ClN2O. The van der Waals surface area contributed by atoms with Gasteiger partial charge in [0.2, 0.25) is 5.91 Å². The number of fused-ring (bicyclic) bond motifs is 1. The van der Waals surface area contributed by atoms with Crippen LogP contribution in [-0.4, -0.2) is 20.0 Å². The maximum Gasteiger partial charge on any atom is 0.228 e. The molecule has 1 aromatic rings. The Kier molecular flexibility index (Phi) is 2.67. The van der Waals surface area contributed by atoms with E-state index in [-0.39, 0.29) is 11.9 Å². The van der Waals surface area contributed by atoms with E-state index in [9.17, 15) is 4.79 Å². The van der Waals surface area contributed by atoms with Crippen LogP contribution in [0.25, 0.3) is 0 Å². The van der Waals surface area contributed by atoms with Crippen molar-refractivity contribution in [3.05, 3.63) is 28.8 Å². The normalized spacial score (nSPS) is 20.3. The van der Waals surface area contributed by atoms with Crippen molar-refractivity contribution in [2.45, 2.75) is 12.5 Å². The number of carbonyl (C=O) groups excluding carboxylic acids is 1. The van der Waals surface area contributed by atoms with Gasteiger partial charge in [-0.2, -0.15) is 0 Å². The highest BCUT2D eigenvalue weighted by Crippen LogP contribution is 2.35. The van der Waals surface area contributed by atoms with Crippen molar-refractivity contribution in [1.82, 2.24) is 5.32 Å². The largest absolute Gasteiger partial charge is 0.315 e. The Morgan fingerprint density at radius 2 is 2.27 bits per heavy atom. The smallest absolute Gasteiger partial charge is 0.228 e. The molecule has 1 amide bonds. The molecule has 0 radical (unpaired) electrons. The zero-order valence-electron chi connectivity index (χ0n) is 8.75. The summed E-state index contributed by atoms with van der Waals surface area (Å²) in [6.45, 7) is 0. The molecular weight excluding hydrogens is 212 g/mol. The molecule has 1 N–H and O–H groups in total. The minimum atomic E-state index is 0.0981. The van der Waals surface area contributed by atoms with Crippen LogP contribution in [0.3, 0.4) is 0 Å². The van der Waals surface area contributed by atoms with E-state index < -0.39 is 0 Å². The van der Waals surface area contributed by atoms with Crippen LogP contribution < -0.4 is 10.2 Å². The van der Waals surface area contributed by atoms with Gasteiger partial charge in [0.1, 0.15) is 0 Å². The number of anilines is 1. The maximum absolute atomic E-state index is 11.7. The fraction of sp³-hybridized carbons (Fsp3) is 0.364. The Labute approximate surface area is 94.0 Å². The van der Waals surface area contributed by atoms with Gasteiger partial charge in [0.15, 0.2) is 0 Å². The quantitative estimate of drug-likeness (QED) is 0.791. The van der Waals surface area contributed by atoms with Crippen molar-refractivity contribution in [2.24, 2.45) is 0 Å². The second kappa shape index (κ2) is 3.83. The fourth-order valence-corrected chi connectivity index (χ4v) is 2.08. The summed E-state index contributed by atoms with van der Waals surface area (Å²) in [4.78, 5) is 13.3. The Bertz CT molecular complexity index is 406. The summed E-state index contributed by atoms with van der Waals surface area (Å²) in [5.74, 6) is 0.115. The van der Waals surface area contributed by atoms with Gasteiger partial charge in [-0.15, -0.1) is 0 Å². The molecule has 80 valence electrons. The molecule has 1 atom stereocenters. The Morgan fingerprint density at radius 1 is 1.53 bits per heavy atom. The number of hydrogen-bond donors (Lipinski definition) is 1. The number of benzene rings is 1. The molecule has 1 heterocycles. The van der Waals surface area contributed by atoms with Gasteiger partial charge < -0.3 is 10.2 Å². The van der Waals surface area contributed by atoms with E-state index in [0.717, 1.165) is 11.3 Å². The van der Waals surface area contributed by atoms with Gasteiger partial charge in [0.05, 0.1) is 0 Å². The Balaban J connectivity index is 2.53. The van der Waals surface area contributed by atoms with Gasteiger partial charge in [-0.25, -0.2) is 0 Å². The Morgan fingerprint density at radius 3 is 2.93 bits per heavy atom. The van der Waals surface area contributed by atoms with Crippen LogP contribution in [0.15, 0.2) is 18.2 Å². The monoisotopic (exact) mass is 224 g/mol. The molecule has 0 saturated carbocycles. The van der Waals surface area contributed by atoms with Crippen molar-refractivity contribution >= 4 is 23.2 Å². The standard InChI is InChI=1S/C11H13ClN2O/c1-13-9-6-11(15)14(2)10-5-7(12)3-4-8(9)10/h3-5,9,13H,6H2,1-2H3. The van der Waals surface area contributed by atoms with Gasteiger partial charge in [-0.05, 0) is 24.7 Å². The molecule has 0 aromatic heterocycles. The lowest BCUT2D eigenvalue weighted by Crippen LogP contribution is -2.36. The molecule has 0 saturated heterocycles. The number of carbonyl (C=O) groups is 1. The van der Waals surface area contributed by atoms with Crippen molar-refractivity contribution in [3.8, 4) is 0 Å². The van der Waals surface area contributed by atoms with Crippen LogP contribution in [0.5, 0.6) is 0 Å². The lowest BCUT2D eigenvalue weighted by molar-refractivity contribution is -0.119. The van der Waals surface area contributed by atoms with Crippen LogP contribution in [0, 0.1) is 0 Å². The summed E-state index contributed by atoms with van der Waals surface area (Å²) in [6.07, 6.45) is 0.502. The first kappa shape index (κ1) is 10.5. The van der Waals surface area contributed by atoms with Crippen LogP contribution in [0.2, 0.25) is 5.02 Å². The van der Waals surface area contributed by atoms with E-state index in [1.807, 2.05) is 25.2 Å². The van der Waals surface area contributed by atoms with Crippen LogP contribution >= 0.6 is 11.6 Å². The van der Waals surface area contributed by atoms with Gasteiger partial charge in [-0.3, -0.25) is 4.79 Å². The van der Waals surface area contributed by atoms with Gasteiger partial charge >= 0.3 is 0 Å². The van der Waals surface area contributed by atoms with E-state index in [1.54, 1.807) is 11.9 Å². The van der Waals surface area contributed by atoms with E-state index in [4.69, 9.17) is 11.6 Å². The minimum absolute atomic E-state index is 0.0981. The summed E-state index contributed by atoms with van der Waals surface area (Å²) in [5.41, 5.74) is 2.03. The third kappa shape index (κ3) is 1.73. The highest BCUT2D eigenvalue weighted by Gasteiger charge is 2.27. The predicted octanol–water partition coefficient (Wildman–Crippen LogP) is 1.97. The van der Waals surface area contributed by atoms with E-state index >= 15 is 0 Å². The number of amides is 1. The molecule has 4 heteroatoms. The zero-order valence-corrected chi connectivity index (χ0v) is 9.51. The van der Waals surface area contributed by atoms with Crippen molar-refractivity contribution in [2.75, 3.05) is 19.0 Å². The molecule has 0 spiro atoms. The topological polar surface area (TPSA) is 32.3 Å². The second-order valence-electron chi connectivity index (χ2n) is 3.70. The van der Waals surface area contributed by atoms with E-state index in [1.165, 1.54) is 0 Å². The third-order valence-electron chi connectivity index (χ3n) is 2.83. The first-order chi connectivity index (χ1) is 7.13. The predicted molar refractivity (Wildman–Crippen MR) is 61.3 cm³/mol. The molecule has 1 aliphatic rings. The summed E-state index contributed by atoms with van der Waals surface area (Å²) in [5, 5.41) is 3.80.